The van der Waals surface area contributed by atoms with Crippen LogP contribution in [0.4, 0.5) is 0 Å². The van der Waals surface area contributed by atoms with Crippen molar-refractivity contribution in [2.75, 3.05) is 0 Å². The zero-order valence-electron chi connectivity index (χ0n) is 7.56. The molecule has 0 aliphatic carbocycles. The van der Waals surface area contributed by atoms with Crippen molar-refractivity contribution in [3.8, 4) is 11.5 Å². The standard InChI is InChI=1S/C10H10O4/c1-2-8(12)10(14)7-4-3-6(11)5-9(7)13/h2-5,11-13H,1H3/b8-2-. The van der Waals surface area contributed by atoms with E-state index >= 15 is 0 Å². The molecule has 0 atom stereocenters. The van der Waals surface area contributed by atoms with Crippen LogP contribution in [-0.2, 0) is 0 Å². The molecule has 1 aromatic carbocycles. The van der Waals surface area contributed by atoms with Crippen LogP contribution in [0.1, 0.15) is 17.3 Å². The van der Waals surface area contributed by atoms with E-state index in [0.29, 0.717) is 0 Å². The molecule has 0 spiro atoms. The molecule has 0 radical (unpaired) electrons. The first kappa shape index (κ1) is 10.1. The lowest BCUT2D eigenvalue weighted by Gasteiger charge is -2.02. The van der Waals surface area contributed by atoms with Crippen LogP contribution in [0.25, 0.3) is 0 Å². The Kier molecular flexibility index (Phi) is 2.76. The third kappa shape index (κ3) is 1.85. The number of hydrogen-bond donors (Lipinski definition) is 3. The van der Waals surface area contributed by atoms with Crippen molar-refractivity contribution in [1.82, 2.24) is 0 Å². The molecule has 0 saturated heterocycles. The Labute approximate surface area is 80.7 Å². The van der Waals surface area contributed by atoms with Crippen molar-refractivity contribution in [2.45, 2.75) is 6.92 Å². The molecule has 1 rings (SSSR count). The summed E-state index contributed by atoms with van der Waals surface area (Å²) in [4.78, 5) is 11.3. The lowest BCUT2D eigenvalue weighted by molar-refractivity contribution is 0.0974. The van der Waals surface area contributed by atoms with Crippen LogP contribution >= 0.6 is 0 Å². The van der Waals surface area contributed by atoms with Crippen LogP contribution in [0.15, 0.2) is 30.0 Å². The molecule has 0 fully saturated rings. The van der Waals surface area contributed by atoms with Crippen LogP contribution in [0.3, 0.4) is 0 Å². The zero-order chi connectivity index (χ0) is 10.7. The molecule has 0 aliphatic heterocycles. The average Bonchev–Trinajstić information content (AvgIpc) is 2.15. The molecular formula is C10H10O4. The van der Waals surface area contributed by atoms with Crippen molar-refractivity contribution in [1.29, 1.82) is 0 Å². The predicted molar refractivity (Wildman–Crippen MR) is 50.5 cm³/mol. The highest BCUT2D eigenvalue weighted by Crippen LogP contribution is 2.24. The Balaban J connectivity index is 3.14. The SMILES string of the molecule is C/C=C(\O)C(=O)c1ccc(O)cc1O. The first-order chi connectivity index (χ1) is 6.56. The summed E-state index contributed by atoms with van der Waals surface area (Å²) in [5.74, 6) is -1.61. The summed E-state index contributed by atoms with van der Waals surface area (Å²) in [5, 5.41) is 27.4. The Morgan fingerprint density at radius 3 is 2.50 bits per heavy atom. The summed E-state index contributed by atoms with van der Waals surface area (Å²) in [7, 11) is 0. The summed E-state index contributed by atoms with van der Waals surface area (Å²) in [6, 6.07) is 3.54. The Bertz CT molecular complexity index is 393. The fourth-order valence-electron chi connectivity index (χ4n) is 0.981. The van der Waals surface area contributed by atoms with Crippen molar-refractivity contribution < 1.29 is 20.1 Å². The molecule has 0 saturated carbocycles. The second-order valence-electron chi connectivity index (χ2n) is 2.70. The number of aliphatic hydroxyl groups excluding tert-OH is 1. The minimum atomic E-state index is -0.676. The molecule has 0 aromatic heterocycles. The van der Waals surface area contributed by atoms with Crippen LogP contribution < -0.4 is 0 Å². The fraction of sp³-hybridized carbons (Fsp3) is 0.100. The van der Waals surface area contributed by atoms with Crippen molar-refractivity contribution in [3.05, 3.63) is 35.6 Å². The number of phenols is 2. The third-order valence-corrected chi connectivity index (χ3v) is 1.73. The zero-order valence-corrected chi connectivity index (χ0v) is 7.56. The van der Waals surface area contributed by atoms with Gasteiger partial charge in [0.25, 0.3) is 0 Å². The molecule has 1 aromatic rings. The number of ketones is 1. The van der Waals surface area contributed by atoms with E-state index in [1.165, 1.54) is 25.1 Å². The number of Topliss-reactive ketones (excluding diaryl/α,β-unsaturated/α-hetero) is 1. The largest absolute Gasteiger partial charge is 0.508 e. The monoisotopic (exact) mass is 194 g/mol. The number of benzene rings is 1. The first-order valence-corrected chi connectivity index (χ1v) is 3.98. The molecule has 0 unspecified atom stereocenters. The van der Waals surface area contributed by atoms with Gasteiger partial charge in [0.2, 0.25) is 5.78 Å². The Morgan fingerprint density at radius 1 is 1.36 bits per heavy atom. The quantitative estimate of drug-likeness (QED) is 0.380. The van der Waals surface area contributed by atoms with Crippen molar-refractivity contribution in [3.63, 3.8) is 0 Å². The number of carbonyl (C=O) groups is 1. The Hall–Kier alpha value is -1.97. The topological polar surface area (TPSA) is 77.8 Å². The minimum Gasteiger partial charge on any atom is -0.508 e. The average molecular weight is 194 g/mol. The van der Waals surface area contributed by atoms with Gasteiger partial charge in [-0.3, -0.25) is 4.79 Å². The summed E-state index contributed by atoms with van der Waals surface area (Å²) in [5.41, 5.74) is -0.0431. The van der Waals surface area contributed by atoms with Gasteiger partial charge < -0.3 is 15.3 Å². The molecule has 3 N–H and O–H groups in total. The molecule has 0 bridgehead atoms. The van der Waals surface area contributed by atoms with Gasteiger partial charge in [0.1, 0.15) is 11.5 Å². The van der Waals surface area contributed by atoms with E-state index in [-0.39, 0.29) is 17.1 Å². The highest BCUT2D eigenvalue weighted by atomic mass is 16.3. The van der Waals surface area contributed by atoms with E-state index in [0.717, 1.165) is 6.07 Å². The van der Waals surface area contributed by atoms with E-state index in [4.69, 9.17) is 10.2 Å². The second-order valence-corrected chi connectivity index (χ2v) is 2.70. The van der Waals surface area contributed by atoms with Crippen LogP contribution in [-0.4, -0.2) is 21.1 Å². The van der Waals surface area contributed by atoms with E-state index in [9.17, 15) is 9.90 Å². The van der Waals surface area contributed by atoms with E-state index in [2.05, 4.69) is 0 Å². The maximum Gasteiger partial charge on any atom is 0.230 e. The predicted octanol–water partition coefficient (Wildman–Crippen LogP) is 1.74. The van der Waals surface area contributed by atoms with Gasteiger partial charge in [0.05, 0.1) is 5.56 Å². The van der Waals surface area contributed by atoms with Gasteiger partial charge in [-0.05, 0) is 25.1 Å². The van der Waals surface area contributed by atoms with Gasteiger partial charge >= 0.3 is 0 Å². The minimum absolute atomic E-state index is 0.0431. The lowest BCUT2D eigenvalue weighted by Crippen LogP contribution is -2.02. The van der Waals surface area contributed by atoms with Crippen molar-refractivity contribution in [2.24, 2.45) is 0 Å². The number of aliphatic hydroxyl groups is 1. The molecule has 0 heterocycles. The third-order valence-electron chi connectivity index (χ3n) is 1.73. The maximum absolute atomic E-state index is 11.3. The molecule has 4 nitrogen and oxygen atoms in total. The number of phenolic OH excluding ortho intramolecular Hbond substituents is 2. The number of carbonyl (C=O) groups excluding carboxylic acids is 1. The highest BCUT2D eigenvalue weighted by Gasteiger charge is 2.14. The van der Waals surface area contributed by atoms with Crippen LogP contribution in [0.2, 0.25) is 0 Å². The van der Waals surface area contributed by atoms with Gasteiger partial charge in [0, 0.05) is 6.07 Å². The first-order valence-electron chi connectivity index (χ1n) is 3.98. The summed E-state index contributed by atoms with van der Waals surface area (Å²) in [6.45, 7) is 1.50. The van der Waals surface area contributed by atoms with Gasteiger partial charge in [-0.15, -0.1) is 0 Å². The normalized spacial score (nSPS) is 11.4. The summed E-state index contributed by atoms with van der Waals surface area (Å²) < 4.78 is 0. The lowest BCUT2D eigenvalue weighted by atomic mass is 10.1. The van der Waals surface area contributed by atoms with Crippen LogP contribution in [0, 0.1) is 0 Å². The Morgan fingerprint density at radius 2 is 2.00 bits per heavy atom. The van der Waals surface area contributed by atoms with E-state index < -0.39 is 11.5 Å². The van der Waals surface area contributed by atoms with E-state index in [1.54, 1.807) is 0 Å². The molecule has 0 amide bonds. The van der Waals surface area contributed by atoms with Gasteiger partial charge in [-0.1, -0.05) is 0 Å². The maximum atomic E-state index is 11.3. The smallest absolute Gasteiger partial charge is 0.230 e. The highest BCUT2D eigenvalue weighted by molar-refractivity contribution is 6.08. The molecule has 74 valence electrons. The van der Waals surface area contributed by atoms with Gasteiger partial charge in [-0.25, -0.2) is 0 Å². The number of hydrogen-bond acceptors (Lipinski definition) is 4. The fourth-order valence-corrected chi connectivity index (χ4v) is 0.981. The number of allylic oxidation sites excluding steroid dienone is 2. The number of aromatic hydroxyl groups is 2. The summed E-state index contributed by atoms with van der Waals surface area (Å²) >= 11 is 0. The molecule has 0 aliphatic rings. The van der Waals surface area contributed by atoms with Crippen molar-refractivity contribution >= 4 is 5.78 Å². The molecule has 4 heteroatoms. The number of rotatable bonds is 2. The van der Waals surface area contributed by atoms with E-state index in [1.807, 2.05) is 0 Å². The van der Waals surface area contributed by atoms with Gasteiger partial charge in [-0.2, -0.15) is 0 Å². The molecular weight excluding hydrogens is 184 g/mol. The second kappa shape index (κ2) is 3.83. The molecule has 14 heavy (non-hydrogen) atoms. The van der Waals surface area contributed by atoms with Crippen LogP contribution in [0.5, 0.6) is 11.5 Å². The van der Waals surface area contributed by atoms with Gasteiger partial charge in [0.15, 0.2) is 5.76 Å². The summed E-state index contributed by atoms with van der Waals surface area (Å²) in [6.07, 6.45) is 1.23.